The van der Waals surface area contributed by atoms with Crippen molar-refractivity contribution in [3.05, 3.63) is 29.3 Å². The summed E-state index contributed by atoms with van der Waals surface area (Å²) in [4.78, 5) is 2.58. The van der Waals surface area contributed by atoms with E-state index in [0.29, 0.717) is 18.5 Å². The van der Waals surface area contributed by atoms with Gasteiger partial charge in [0.15, 0.2) is 0 Å². The lowest BCUT2D eigenvalue weighted by atomic mass is 9.77. The van der Waals surface area contributed by atoms with Gasteiger partial charge in [0.25, 0.3) is 0 Å². The van der Waals surface area contributed by atoms with E-state index < -0.39 is 10.0 Å². The van der Waals surface area contributed by atoms with Crippen molar-refractivity contribution in [3.8, 4) is 5.75 Å². The maximum absolute atomic E-state index is 12.6. The van der Waals surface area contributed by atoms with Gasteiger partial charge in [-0.1, -0.05) is 6.07 Å². The first-order valence-corrected chi connectivity index (χ1v) is 11.0. The van der Waals surface area contributed by atoms with E-state index in [1.54, 1.807) is 14.0 Å². The number of rotatable bonds is 3. The second kappa shape index (κ2) is 6.56. The standard InChI is InChI=1S/C19H28N2O3S/c1-3-25(22,23)21-9-4-5-15-13-20-10-8-14-11-16(24-2)6-7-17(14)19(20)12-18(15)21/h6-7,11,15,18-19H,3-5,8-10,12-13H2,1-2H3/t15-,18+,19+/m1/s1. The minimum Gasteiger partial charge on any atom is -0.497 e. The summed E-state index contributed by atoms with van der Waals surface area (Å²) in [5.41, 5.74) is 2.73. The molecular weight excluding hydrogens is 336 g/mol. The Morgan fingerprint density at radius 1 is 1.28 bits per heavy atom. The van der Waals surface area contributed by atoms with E-state index in [1.807, 2.05) is 10.4 Å². The van der Waals surface area contributed by atoms with Crippen LogP contribution < -0.4 is 4.74 Å². The van der Waals surface area contributed by atoms with Gasteiger partial charge in [-0.25, -0.2) is 8.42 Å². The topological polar surface area (TPSA) is 49.9 Å². The molecule has 3 aliphatic heterocycles. The molecule has 25 heavy (non-hydrogen) atoms. The van der Waals surface area contributed by atoms with E-state index in [0.717, 1.165) is 44.5 Å². The third-order valence-corrected chi connectivity index (χ3v) is 8.24. The summed E-state index contributed by atoms with van der Waals surface area (Å²) in [7, 11) is -1.42. The monoisotopic (exact) mass is 364 g/mol. The van der Waals surface area contributed by atoms with Gasteiger partial charge in [0.2, 0.25) is 10.0 Å². The minimum atomic E-state index is -3.12. The Morgan fingerprint density at radius 2 is 2.12 bits per heavy atom. The molecule has 3 atom stereocenters. The molecule has 0 unspecified atom stereocenters. The largest absolute Gasteiger partial charge is 0.497 e. The molecule has 5 nitrogen and oxygen atoms in total. The first kappa shape index (κ1) is 17.3. The first-order valence-electron chi connectivity index (χ1n) is 9.44. The molecular formula is C19H28N2O3S. The summed E-state index contributed by atoms with van der Waals surface area (Å²) in [5, 5.41) is 0. The molecule has 1 aromatic rings. The Bertz CT molecular complexity index is 749. The quantitative estimate of drug-likeness (QED) is 0.827. The maximum atomic E-state index is 12.6. The molecule has 0 aromatic heterocycles. The minimum absolute atomic E-state index is 0.160. The highest BCUT2D eigenvalue weighted by Crippen LogP contribution is 2.44. The van der Waals surface area contributed by atoms with Crippen molar-refractivity contribution in [2.75, 3.05) is 32.5 Å². The number of nitrogens with zero attached hydrogens (tertiary/aromatic N) is 2. The van der Waals surface area contributed by atoms with Crippen molar-refractivity contribution in [1.82, 2.24) is 9.21 Å². The van der Waals surface area contributed by atoms with E-state index >= 15 is 0 Å². The summed E-state index contributed by atoms with van der Waals surface area (Å²) in [6.07, 6.45) is 4.12. The van der Waals surface area contributed by atoms with Crippen LogP contribution in [0.4, 0.5) is 0 Å². The number of methoxy groups -OCH3 is 1. The summed E-state index contributed by atoms with van der Waals surface area (Å²) in [6, 6.07) is 6.87. The molecule has 6 heteroatoms. The Balaban J connectivity index is 1.65. The molecule has 2 fully saturated rings. The highest BCUT2D eigenvalue weighted by Gasteiger charge is 2.45. The van der Waals surface area contributed by atoms with Crippen LogP contribution in [0.25, 0.3) is 0 Å². The Kier molecular flexibility index (Phi) is 4.54. The molecule has 1 aromatic carbocycles. The van der Waals surface area contributed by atoms with E-state index in [4.69, 9.17) is 4.74 Å². The Hall–Kier alpha value is -1.11. The van der Waals surface area contributed by atoms with E-state index in [-0.39, 0.29) is 11.8 Å². The number of ether oxygens (including phenoxy) is 1. The van der Waals surface area contributed by atoms with Crippen molar-refractivity contribution >= 4 is 10.0 Å². The predicted octanol–water partition coefficient (Wildman–Crippen LogP) is 2.43. The second-order valence-corrected chi connectivity index (χ2v) is 9.75. The van der Waals surface area contributed by atoms with Crippen LogP contribution in [0.1, 0.15) is 43.4 Å². The zero-order chi connectivity index (χ0) is 17.6. The van der Waals surface area contributed by atoms with Gasteiger partial charge in [0, 0.05) is 31.7 Å². The van der Waals surface area contributed by atoms with Gasteiger partial charge in [-0.3, -0.25) is 4.90 Å². The fourth-order valence-electron chi connectivity index (χ4n) is 5.03. The van der Waals surface area contributed by atoms with Crippen molar-refractivity contribution in [3.63, 3.8) is 0 Å². The van der Waals surface area contributed by atoms with Crippen molar-refractivity contribution in [2.24, 2.45) is 5.92 Å². The van der Waals surface area contributed by atoms with Gasteiger partial charge in [-0.05, 0) is 61.8 Å². The number of hydrogen-bond donors (Lipinski definition) is 0. The first-order chi connectivity index (χ1) is 12.0. The number of piperidine rings is 2. The maximum Gasteiger partial charge on any atom is 0.214 e. The van der Waals surface area contributed by atoms with Crippen LogP contribution in [0, 0.1) is 5.92 Å². The molecule has 138 valence electrons. The van der Waals surface area contributed by atoms with Crippen LogP contribution in [-0.2, 0) is 16.4 Å². The lowest BCUT2D eigenvalue weighted by Crippen LogP contribution is -2.57. The van der Waals surface area contributed by atoms with Gasteiger partial charge >= 0.3 is 0 Å². The summed E-state index contributed by atoms with van der Waals surface area (Å²) < 4.78 is 32.4. The molecule has 2 saturated heterocycles. The van der Waals surface area contributed by atoms with Crippen molar-refractivity contribution < 1.29 is 13.2 Å². The van der Waals surface area contributed by atoms with E-state index in [9.17, 15) is 8.42 Å². The lowest BCUT2D eigenvalue weighted by Gasteiger charge is -2.51. The van der Waals surface area contributed by atoms with Gasteiger partial charge in [-0.2, -0.15) is 4.31 Å². The molecule has 0 saturated carbocycles. The van der Waals surface area contributed by atoms with Crippen molar-refractivity contribution in [1.29, 1.82) is 0 Å². The number of sulfonamides is 1. The molecule has 0 aliphatic carbocycles. The zero-order valence-corrected chi connectivity index (χ0v) is 16.0. The highest BCUT2D eigenvalue weighted by atomic mass is 32.2. The Labute approximate surface area is 151 Å². The van der Waals surface area contributed by atoms with Crippen LogP contribution in [-0.4, -0.2) is 56.2 Å². The SMILES string of the molecule is CCS(=O)(=O)N1CCC[C@@H]2CN3CCc4cc(OC)ccc4[C@@H]3C[C@@H]21. The van der Waals surface area contributed by atoms with Crippen molar-refractivity contribution in [2.45, 2.75) is 44.7 Å². The summed E-state index contributed by atoms with van der Waals surface area (Å²) in [5.74, 6) is 1.60. The normalized spacial score (nSPS) is 30.2. The average Bonchev–Trinajstić information content (AvgIpc) is 2.65. The molecule has 0 bridgehead atoms. The van der Waals surface area contributed by atoms with E-state index in [2.05, 4.69) is 17.0 Å². The highest BCUT2D eigenvalue weighted by molar-refractivity contribution is 7.89. The Morgan fingerprint density at radius 3 is 2.88 bits per heavy atom. The second-order valence-electron chi connectivity index (χ2n) is 7.54. The third kappa shape index (κ3) is 2.98. The molecule has 0 N–H and O–H groups in total. The van der Waals surface area contributed by atoms with E-state index in [1.165, 1.54) is 11.1 Å². The smallest absolute Gasteiger partial charge is 0.214 e. The summed E-state index contributed by atoms with van der Waals surface area (Å²) in [6.45, 7) is 4.54. The van der Waals surface area contributed by atoms with Gasteiger partial charge in [0.1, 0.15) is 5.75 Å². The fourth-order valence-corrected chi connectivity index (χ4v) is 6.44. The fraction of sp³-hybridized carbons (Fsp3) is 0.684. The van der Waals surface area contributed by atoms with Crippen LogP contribution >= 0.6 is 0 Å². The number of hydrogen-bond acceptors (Lipinski definition) is 4. The third-order valence-electron chi connectivity index (χ3n) is 6.34. The molecule has 0 radical (unpaired) electrons. The number of fused-ring (bicyclic) bond motifs is 4. The molecule has 3 aliphatic rings. The van der Waals surface area contributed by atoms with Crippen LogP contribution in [0.2, 0.25) is 0 Å². The van der Waals surface area contributed by atoms with Gasteiger partial charge in [-0.15, -0.1) is 0 Å². The van der Waals surface area contributed by atoms with Crippen LogP contribution in [0.3, 0.4) is 0 Å². The zero-order valence-electron chi connectivity index (χ0n) is 15.1. The summed E-state index contributed by atoms with van der Waals surface area (Å²) >= 11 is 0. The molecule has 0 spiro atoms. The van der Waals surface area contributed by atoms with Gasteiger partial charge < -0.3 is 4.74 Å². The van der Waals surface area contributed by atoms with Crippen LogP contribution in [0.15, 0.2) is 18.2 Å². The van der Waals surface area contributed by atoms with Crippen LogP contribution in [0.5, 0.6) is 5.75 Å². The molecule has 0 amide bonds. The molecule has 4 rings (SSSR count). The predicted molar refractivity (Wildman–Crippen MR) is 98.3 cm³/mol. The van der Waals surface area contributed by atoms with Gasteiger partial charge in [0.05, 0.1) is 12.9 Å². The lowest BCUT2D eigenvalue weighted by molar-refractivity contribution is 0.0220. The number of benzene rings is 1. The average molecular weight is 365 g/mol. The molecule has 3 heterocycles.